The zero-order chi connectivity index (χ0) is 18.4. The van der Waals surface area contributed by atoms with E-state index in [-0.39, 0.29) is 11.7 Å². The third kappa shape index (κ3) is 5.20. The van der Waals surface area contributed by atoms with E-state index in [2.05, 4.69) is 47.7 Å². The summed E-state index contributed by atoms with van der Waals surface area (Å²) < 4.78 is 6.30. The van der Waals surface area contributed by atoms with Crippen molar-refractivity contribution < 1.29 is 14.6 Å². The molecule has 0 aliphatic heterocycles. The van der Waals surface area contributed by atoms with Crippen LogP contribution in [0.15, 0.2) is 50.4 Å². The van der Waals surface area contributed by atoms with Gasteiger partial charge in [-0.05, 0) is 68.6 Å². The number of amides is 1. The highest BCUT2D eigenvalue weighted by Crippen LogP contribution is 2.32. The highest BCUT2D eigenvalue weighted by Gasteiger charge is 2.13. The lowest BCUT2D eigenvalue weighted by Crippen LogP contribution is -2.35. The lowest BCUT2D eigenvalue weighted by Gasteiger charge is -2.15. The maximum Gasteiger partial charge on any atom is 0.262 e. The van der Waals surface area contributed by atoms with Gasteiger partial charge >= 0.3 is 0 Å². The topological polar surface area (TPSA) is 83.0 Å². The average Bonchev–Trinajstić information content (AvgIpc) is 2.59. The summed E-state index contributed by atoms with van der Waals surface area (Å²) in [4.78, 5) is 12.1. The van der Waals surface area contributed by atoms with Crippen LogP contribution in [0.25, 0.3) is 0 Å². The van der Waals surface area contributed by atoms with Crippen LogP contribution >= 0.6 is 31.9 Å². The summed E-state index contributed by atoms with van der Waals surface area (Å²) in [7, 11) is 1.57. The van der Waals surface area contributed by atoms with Crippen molar-refractivity contribution in [3.05, 3.63) is 50.9 Å². The van der Waals surface area contributed by atoms with Crippen molar-refractivity contribution in [2.24, 2.45) is 5.10 Å². The number of halogens is 2. The number of nitrogens with zero attached hydrogens (tertiary/aromatic N) is 1. The summed E-state index contributed by atoms with van der Waals surface area (Å²) >= 11 is 6.48. The number of hydrogen-bond acceptors (Lipinski definition) is 5. The molecule has 0 saturated carbocycles. The number of aromatic hydroxyl groups is 1. The molecule has 0 bridgehead atoms. The van der Waals surface area contributed by atoms with Crippen LogP contribution < -0.4 is 15.5 Å². The van der Waals surface area contributed by atoms with Gasteiger partial charge in [0.2, 0.25) is 0 Å². The predicted octanol–water partition coefficient (Wildman–Crippen LogP) is 3.88. The van der Waals surface area contributed by atoms with Gasteiger partial charge < -0.3 is 15.2 Å². The number of phenolic OH excluding ortho intramolecular Hbond substituents is 1. The summed E-state index contributed by atoms with van der Waals surface area (Å²) in [6, 6.07) is 10.2. The predicted molar refractivity (Wildman–Crippen MR) is 105 cm³/mol. The first-order valence-corrected chi connectivity index (χ1v) is 8.91. The fourth-order valence-corrected chi connectivity index (χ4v) is 3.21. The fourth-order valence-electron chi connectivity index (χ4n) is 1.99. The molecule has 0 fully saturated rings. The van der Waals surface area contributed by atoms with Crippen LogP contribution in [0.5, 0.6) is 11.5 Å². The average molecular weight is 471 g/mol. The lowest BCUT2D eigenvalue weighted by molar-refractivity contribution is -0.121. The monoisotopic (exact) mass is 469 g/mol. The van der Waals surface area contributed by atoms with Crippen molar-refractivity contribution >= 4 is 49.7 Å². The van der Waals surface area contributed by atoms with Gasteiger partial charge in [0.25, 0.3) is 5.91 Å². The maximum absolute atomic E-state index is 12.1. The Morgan fingerprint density at radius 3 is 2.56 bits per heavy atom. The smallest absolute Gasteiger partial charge is 0.262 e. The van der Waals surface area contributed by atoms with Crippen molar-refractivity contribution in [3.63, 3.8) is 0 Å². The quantitative estimate of drug-likeness (QED) is 0.442. The second-order valence-electron chi connectivity index (χ2n) is 5.13. The van der Waals surface area contributed by atoms with E-state index in [4.69, 9.17) is 4.74 Å². The molecule has 8 heteroatoms. The first-order valence-electron chi connectivity index (χ1n) is 7.33. The van der Waals surface area contributed by atoms with Crippen molar-refractivity contribution in [2.45, 2.75) is 13.0 Å². The van der Waals surface area contributed by atoms with E-state index < -0.39 is 6.04 Å². The summed E-state index contributed by atoms with van der Waals surface area (Å²) in [5.41, 5.74) is 3.91. The Hall–Kier alpha value is -2.06. The van der Waals surface area contributed by atoms with Gasteiger partial charge in [0.05, 0.1) is 28.0 Å². The largest absolute Gasteiger partial charge is 0.506 e. The van der Waals surface area contributed by atoms with E-state index in [9.17, 15) is 9.90 Å². The van der Waals surface area contributed by atoms with Gasteiger partial charge in [0.15, 0.2) is 0 Å². The number of nitrogens with one attached hydrogen (secondary N) is 2. The van der Waals surface area contributed by atoms with Crippen LogP contribution in [0.1, 0.15) is 12.5 Å². The molecule has 25 heavy (non-hydrogen) atoms. The molecule has 2 rings (SSSR count). The Balaban J connectivity index is 1.97. The van der Waals surface area contributed by atoms with Crippen LogP contribution in [0.2, 0.25) is 0 Å². The molecule has 3 N–H and O–H groups in total. The number of hydrogen-bond donors (Lipinski definition) is 3. The number of rotatable bonds is 6. The Kier molecular flexibility index (Phi) is 6.83. The Morgan fingerprint density at radius 1 is 1.28 bits per heavy atom. The molecule has 0 aliphatic rings. The molecule has 0 unspecified atom stereocenters. The van der Waals surface area contributed by atoms with Gasteiger partial charge in [0, 0.05) is 0 Å². The van der Waals surface area contributed by atoms with Gasteiger partial charge in [-0.15, -0.1) is 0 Å². The maximum atomic E-state index is 12.1. The van der Waals surface area contributed by atoms with Gasteiger partial charge in [-0.3, -0.25) is 4.79 Å². The molecule has 2 aromatic carbocycles. The van der Waals surface area contributed by atoms with Crippen LogP contribution in [-0.2, 0) is 4.79 Å². The van der Waals surface area contributed by atoms with E-state index in [0.29, 0.717) is 20.3 Å². The van der Waals surface area contributed by atoms with Crippen molar-refractivity contribution in [3.8, 4) is 11.5 Å². The SMILES string of the molecule is COc1ccccc1N[C@@H](C)C(=O)N/N=C\c1cc(Br)c(O)c(Br)c1. The van der Waals surface area contributed by atoms with Gasteiger partial charge in [0.1, 0.15) is 17.5 Å². The number of benzene rings is 2. The third-order valence-electron chi connectivity index (χ3n) is 3.30. The van der Waals surface area contributed by atoms with E-state index in [0.717, 1.165) is 5.69 Å². The molecule has 132 valence electrons. The summed E-state index contributed by atoms with van der Waals surface area (Å²) in [5.74, 6) is 0.472. The zero-order valence-electron chi connectivity index (χ0n) is 13.6. The second-order valence-corrected chi connectivity index (χ2v) is 6.84. The van der Waals surface area contributed by atoms with Crippen LogP contribution in [0.3, 0.4) is 0 Å². The van der Waals surface area contributed by atoms with Crippen molar-refractivity contribution in [2.75, 3.05) is 12.4 Å². The van der Waals surface area contributed by atoms with E-state index in [1.807, 2.05) is 24.3 Å². The van der Waals surface area contributed by atoms with E-state index in [1.54, 1.807) is 26.2 Å². The molecule has 1 atom stereocenters. The molecule has 0 saturated heterocycles. The molecule has 0 aromatic heterocycles. The minimum absolute atomic E-state index is 0.107. The minimum atomic E-state index is -0.508. The molecule has 0 aliphatic carbocycles. The lowest BCUT2D eigenvalue weighted by atomic mass is 10.2. The summed E-state index contributed by atoms with van der Waals surface area (Å²) in [5, 5.41) is 16.7. The molecular formula is C17H17Br2N3O3. The normalized spacial score (nSPS) is 12.0. The minimum Gasteiger partial charge on any atom is -0.506 e. The highest BCUT2D eigenvalue weighted by molar-refractivity contribution is 9.11. The van der Waals surface area contributed by atoms with Crippen molar-refractivity contribution in [1.82, 2.24) is 5.43 Å². The van der Waals surface area contributed by atoms with E-state index >= 15 is 0 Å². The van der Waals surface area contributed by atoms with Gasteiger partial charge in [-0.1, -0.05) is 12.1 Å². The van der Waals surface area contributed by atoms with E-state index in [1.165, 1.54) is 6.21 Å². The number of ether oxygens (including phenoxy) is 1. The number of phenols is 1. The molecule has 1 amide bonds. The standard InChI is InChI=1S/C17H17Br2N3O3/c1-10(21-14-5-3-4-6-15(14)25-2)17(24)22-20-9-11-7-12(18)16(23)13(19)8-11/h3-10,21,23H,1-2H3,(H,22,24)/b20-9-/t10-/m0/s1. The molecule has 2 aromatic rings. The Bertz CT molecular complexity index is 773. The molecule has 0 spiro atoms. The molecular weight excluding hydrogens is 454 g/mol. The second kappa shape index (κ2) is 8.87. The number of anilines is 1. The molecule has 6 nitrogen and oxygen atoms in total. The highest BCUT2D eigenvalue weighted by atomic mass is 79.9. The summed E-state index contributed by atoms with van der Waals surface area (Å²) in [6.45, 7) is 1.73. The van der Waals surface area contributed by atoms with Crippen LogP contribution in [-0.4, -0.2) is 30.4 Å². The number of carbonyl (C=O) groups excluding carboxylic acids is 1. The first kappa shape index (κ1) is 19.3. The number of carbonyl (C=O) groups is 1. The fraction of sp³-hybridized carbons (Fsp3) is 0.176. The summed E-state index contributed by atoms with van der Waals surface area (Å²) in [6.07, 6.45) is 1.49. The first-order chi connectivity index (χ1) is 11.9. The van der Waals surface area contributed by atoms with Crippen LogP contribution in [0, 0.1) is 0 Å². The molecule has 0 radical (unpaired) electrons. The number of hydrazone groups is 1. The molecule has 0 heterocycles. The third-order valence-corrected chi connectivity index (χ3v) is 4.51. The Morgan fingerprint density at radius 2 is 1.92 bits per heavy atom. The zero-order valence-corrected chi connectivity index (χ0v) is 16.8. The van der Waals surface area contributed by atoms with Crippen LogP contribution in [0.4, 0.5) is 5.69 Å². The van der Waals surface area contributed by atoms with Crippen molar-refractivity contribution in [1.29, 1.82) is 0 Å². The van der Waals surface area contributed by atoms with Gasteiger partial charge in [-0.2, -0.15) is 5.10 Å². The number of methoxy groups -OCH3 is 1. The number of para-hydroxylation sites is 2. The Labute approximate surface area is 162 Å². The van der Waals surface area contributed by atoms with Gasteiger partial charge in [-0.25, -0.2) is 5.43 Å².